The summed E-state index contributed by atoms with van der Waals surface area (Å²) in [5.41, 5.74) is 2.23. The minimum Gasteiger partial charge on any atom is -0.272 e. The average Bonchev–Trinajstić information content (AvgIpc) is 2.69. The molecule has 23 heavy (non-hydrogen) atoms. The number of nitrogens with zero attached hydrogens (tertiary/aromatic N) is 3. The Morgan fingerprint density at radius 3 is 2.39 bits per heavy atom. The number of sulfonamides is 1. The lowest BCUT2D eigenvalue weighted by Gasteiger charge is -2.18. The Kier molecular flexibility index (Phi) is 4.93. The van der Waals surface area contributed by atoms with Crippen LogP contribution < -0.4 is 0 Å². The van der Waals surface area contributed by atoms with Crippen LogP contribution in [0.1, 0.15) is 17.0 Å². The third-order valence-corrected chi connectivity index (χ3v) is 6.13. The number of aryl methyl sites for hydroxylation is 2. The van der Waals surface area contributed by atoms with Gasteiger partial charge >= 0.3 is 0 Å². The van der Waals surface area contributed by atoms with E-state index in [1.54, 1.807) is 18.7 Å². The smallest absolute Gasteiger partial charge is 0.246 e. The lowest BCUT2D eigenvalue weighted by molar-refractivity contribution is 0.456. The Labute approximate surface area is 142 Å². The van der Waals surface area contributed by atoms with Crippen molar-refractivity contribution in [2.45, 2.75) is 25.3 Å². The molecule has 0 spiro atoms. The maximum absolute atomic E-state index is 14.0. The lowest BCUT2D eigenvalue weighted by atomic mass is 10.2. The summed E-state index contributed by atoms with van der Waals surface area (Å²) in [6, 6.07) is 1.48. The SMILES string of the molecule is Cc1nn(C)c(C)c1CN(C)S(=O)(=O)c1cc(F)c(Br)cc1F. The van der Waals surface area contributed by atoms with E-state index in [0.717, 1.165) is 21.6 Å². The molecule has 0 saturated heterocycles. The molecule has 2 aromatic rings. The average molecular weight is 408 g/mol. The maximum atomic E-state index is 14.0. The summed E-state index contributed by atoms with van der Waals surface area (Å²) in [7, 11) is -1.10. The van der Waals surface area contributed by atoms with Crippen LogP contribution in [0.4, 0.5) is 8.78 Å². The molecule has 0 amide bonds. The van der Waals surface area contributed by atoms with Crippen molar-refractivity contribution in [3.63, 3.8) is 0 Å². The molecule has 0 bridgehead atoms. The summed E-state index contributed by atoms with van der Waals surface area (Å²) in [6.45, 7) is 3.60. The van der Waals surface area contributed by atoms with E-state index in [1.165, 1.54) is 7.05 Å². The largest absolute Gasteiger partial charge is 0.272 e. The minimum absolute atomic E-state index is 0.0188. The Morgan fingerprint density at radius 2 is 1.87 bits per heavy atom. The summed E-state index contributed by atoms with van der Waals surface area (Å²) in [5.74, 6) is -1.85. The van der Waals surface area contributed by atoms with E-state index >= 15 is 0 Å². The number of benzene rings is 1. The first-order valence-corrected chi connectivity index (χ1v) is 8.89. The van der Waals surface area contributed by atoms with Crippen LogP contribution in [0.3, 0.4) is 0 Å². The van der Waals surface area contributed by atoms with Crippen LogP contribution in [0, 0.1) is 25.5 Å². The Bertz CT molecular complexity index is 865. The molecule has 126 valence electrons. The highest BCUT2D eigenvalue weighted by atomic mass is 79.9. The van der Waals surface area contributed by atoms with Crippen molar-refractivity contribution >= 4 is 26.0 Å². The molecular weight excluding hydrogens is 392 g/mol. The fourth-order valence-electron chi connectivity index (χ4n) is 2.22. The van der Waals surface area contributed by atoms with Crippen LogP contribution >= 0.6 is 15.9 Å². The summed E-state index contributed by atoms with van der Waals surface area (Å²) < 4.78 is 55.1. The third-order valence-electron chi connectivity index (χ3n) is 3.70. The second-order valence-electron chi connectivity index (χ2n) is 5.23. The van der Waals surface area contributed by atoms with Gasteiger partial charge in [-0.3, -0.25) is 4.68 Å². The van der Waals surface area contributed by atoms with Gasteiger partial charge in [-0.15, -0.1) is 0 Å². The second kappa shape index (κ2) is 6.29. The first-order chi connectivity index (χ1) is 10.6. The lowest BCUT2D eigenvalue weighted by Crippen LogP contribution is -2.28. The van der Waals surface area contributed by atoms with Gasteiger partial charge < -0.3 is 0 Å². The topological polar surface area (TPSA) is 55.2 Å². The molecule has 0 aliphatic carbocycles. The fourth-order valence-corrected chi connectivity index (χ4v) is 3.73. The van der Waals surface area contributed by atoms with Gasteiger partial charge in [0.2, 0.25) is 10.0 Å². The van der Waals surface area contributed by atoms with Crippen LogP contribution in [-0.2, 0) is 23.6 Å². The number of hydrogen-bond donors (Lipinski definition) is 0. The normalized spacial score (nSPS) is 12.2. The van der Waals surface area contributed by atoms with Crippen molar-refractivity contribution < 1.29 is 17.2 Å². The highest BCUT2D eigenvalue weighted by Crippen LogP contribution is 2.26. The quantitative estimate of drug-likeness (QED) is 0.732. The summed E-state index contributed by atoms with van der Waals surface area (Å²) in [4.78, 5) is -0.695. The molecule has 9 heteroatoms. The van der Waals surface area contributed by atoms with Crippen molar-refractivity contribution in [2.24, 2.45) is 7.05 Å². The van der Waals surface area contributed by atoms with Crippen molar-refractivity contribution in [1.82, 2.24) is 14.1 Å². The van der Waals surface area contributed by atoms with Gasteiger partial charge in [-0.1, -0.05) is 0 Å². The zero-order valence-corrected chi connectivity index (χ0v) is 15.5. The standard InChI is InChI=1S/C14H16BrF2N3O2S/c1-8-10(9(2)20(4)18-8)7-19(3)23(21,22)14-6-12(16)11(15)5-13(14)17/h5-6H,7H2,1-4H3. The molecule has 0 atom stereocenters. The highest BCUT2D eigenvalue weighted by Gasteiger charge is 2.27. The molecule has 0 fully saturated rings. The predicted molar refractivity (Wildman–Crippen MR) is 85.4 cm³/mol. The monoisotopic (exact) mass is 407 g/mol. The third kappa shape index (κ3) is 3.31. The molecule has 0 aliphatic rings. The van der Waals surface area contributed by atoms with E-state index in [9.17, 15) is 17.2 Å². The van der Waals surface area contributed by atoms with Gasteiger partial charge in [0.15, 0.2) is 0 Å². The molecule has 0 saturated carbocycles. The molecule has 1 aromatic heterocycles. The van der Waals surface area contributed by atoms with Crippen LogP contribution in [0.5, 0.6) is 0 Å². The van der Waals surface area contributed by atoms with Crippen molar-refractivity contribution in [3.8, 4) is 0 Å². The molecule has 0 N–H and O–H groups in total. The van der Waals surface area contributed by atoms with Crippen molar-refractivity contribution in [1.29, 1.82) is 0 Å². The Balaban J connectivity index is 2.42. The molecular formula is C14H16BrF2N3O2S. The number of halogens is 3. The van der Waals surface area contributed by atoms with Crippen molar-refractivity contribution in [2.75, 3.05) is 7.05 Å². The summed E-state index contributed by atoms with van der Waals surface area (Å²) in [6.07, 6.45) is 0. The van der Waals surface area contributed by atoms with Crippen molar-refractivity contribution in [3.05, 3.63) is 45.2 Å². The van der Waals surface area contributed by atoms with Gasteiger partial charge in [0.25, 0.3) is 0 Å². The van der Waals surface area contributed by atoms with Gasteiger partial charge in [0.1, 0.15) is 16.5 Å². The number of hydrogen-bond acceptors (Lipinski definition) is 3. The molecule has 5 nitrogen and oxygen atoms in total. The van der Waals surface area contributed by atoms with E-state index in [0.29, 0.717) is 11.8 Å². The van der Waals surface area contributed by atoms with Crippen LogP contribution in [0.2, 0.25) is 0 Å². The maximum Gasteiger partial charge on any atom is 0.246 e. The zero-order valence-electron chi connectivity index (χ0n) is 13.1. The number of rotatable bonds is 4. The molecule has 0 unspecified atom stereocenters. The first-order valence-electron chi connectivity index (χ1n) is 6.65. The van der Waals surface area contributed by atoms with Crippen LogP contribution in [0.25, 0.3) is 0 Å². The highest BCUT2D eigenvalue weighted by molar-refractivity contribution is 9.10. The van der Waals surface area contributed by atoms with E-state index < -0.39 is 26.6 Å². The summed E-state index contributed by atoms with van der Waals surface area (Å²) in [5, 5.41) is 4.22. The molecule has 1 heterocycles. The zero-order chi connectivity index (χ0) is 17.5. The molecule has 0 radical (unpaired) electrons. The van der Waals surface area contributed by atoms with E-state index in [2.05, 4.69) is 21.0 Å². The second-order valence-corrected chi connectivity index (χ2v) is 8.10. The Morgan fingerprint density at radius 1 is 1.26 bits per heavy atom. The van der Waals surface area contributed by atoms with Crippen LogP contribution in [-0.4, -0.2) is 29.6 Å². The predicted octanol–water partition coefficient (Wildman–Crippen LogP) is 2.90. The van der Waals surface area contributed by atoms with Gasteiger partial charge in [0.05, 0.1) is 10.2 Å². The number of aromatic nitrogens is 2. The molecule has 0 aliphatic heterocycles. The Hall–Kier alpha value is -1.32. The fraction of sp³-hybridized carbons (Fsp3) is 0.357. The van der Waals surface area contributed by atoms with Crippen LogP contribution in [0.15, 0.2) is 21.5 Å². The minimum atomic E-state index is -4.17. The van der Waals surface area contributed by atoms with E-state index in [4.69, 9.17) is 0 Å². The van der Waals surface area contributed by atoms with Gasteiger partial charge in [0, 0.05) is 31.9 Å². The van der Waals surface area contributed by atoms with Gasteiger partial charge in [-0.25, -0.2) is 17.2 Å². The molecule has 2 rings (SSSR count). The molecule has 1 aromatic carbocycles. The van der Waals surface area contributed by atoms with E-state index in [1.807, 2.05) is 6.92 Å². The van der Waals surface area contributed by atoms with Gasteiger partial charge in [-0.05, 0) is 41.9 Å². The van der Waals surface area contributed by atoms with Gasteiger partial charge in [-0.2, -0.15) is 9.40 Å². The summed E-state index contributed by atoms with van der Waals surface area (Å²) >= 11 is 2.83. The first kappa shape index (κ1) is 18.0. The van der Waals surface area contributed by atoms with E-state index in [-0.39, 0.29) is 11.0 Å².